The summed E-state index contributed by atoms with van der Waals surface area (Å²) in [5.74, 6) is -0.149. The van der Waals surface area contributed by atoms with Crippen molar-refractivity contribution in [3.63, 3.8) is 0 Å². The summed E-state index contributed by atoms with van der Waals surface area (Å²) in [5.41, 5.74) is 3.98. The van der Waals surface area contributed by atoms with Crippen LogP contribution in [-0.4, -0.2) is 30.5 Å². The maximum atomic E-state index is 13.0. The van der Waals surface area contributed by atoms with Gasteiger partial charge in [0.05, 0.1) is 29.0 Å². The number of hydrogen-bond acceptors (Lipinski definition) is 4. The van der Waals surface area contributed by atoms with E-state index in [-0.39, 0.29) is 5.91 Å². The van der Waals surface area contributed by atoms with Gasteiger partial charge in [0.25, 0.3) is 5.91 Å². The molecule has 0 spiro atoms. The van der Waals surface area contributed by atoms with Gasteiger partial charge in [0.2, 0.25) is 0 Å². The number of nitrogens with one attached hydrogen (secondary N) is 1. The van der Waals surface area contributed by atoms with Gasteiger partial charge in [-0.3, -0.25) is 9.48 Å². The smallest absolute Gasteiger partial charge is 0.252 e. The van der Waals surface area contributed by atoms with Gasteiger partial charge in [-0.2, -0.15) is 10.2 Å². The summed E-state index contributed by atoms with van der Waals surface area (Å²) in [6, 6.07) is 11.7. The second-order valence-electron chi connectivity index (χ2n) is 6.51. The molecule has 0 saturated heterocycles. The number of rotatable bonds is 6. The topological polar surface area (TPSA) is 77.6 Å². The fourth-order valence-corrected chi connectivity index (χ4v) is 3.17. The Bertz CT molecular complexity index is 1110. The van der Waals surface area contributed by atoms with Gasteiger partial charge in [-0.25, -0.2) is 9.67 Å². The first kappa shape index (κ1) is 17.9. The Labute approximate surface area is 163 Å². The van der Waals surface area contributed by atoms with Gasteiger partial charge in [0.1, 0.15) is 0 Å². The van der Waals surface area contributed by atoms with Crippen molar-refractivity contribution in [1.82, 2.24) is 29.9 Å². The Hall–Kier alpha value is -3.48. The van der Waals surface area contributed by atoms with Crippen LogP contribution in [-0.2, 0) is 19.6 Å². The van der Waals surface area contributed by atoms with Crippen LogP contribution in [0.15, 0.2) is 55.0 Å². The standard InChI is InChI=1S/C21H22N6O/c1-3-26-14-15(12-23-26)11-22-21(28)17-10-19(16-8-6-5-7-9-16)25-20-18(17)13-24-27(20)4-2/h5-10,12-14H,3-4,11H2,1-2H3,(H,22,28). The third-order valence-corrected chi connectivity index (χ3v) is 4.69. The first-order chi connectivity index (χ1) is 13.7. The molecule has 3 heterocycles. The zero-order chi connectivity index (χ0) is 19.5. The summed E-state index contributed by atoms with van der Waals surface area (Å²) in [5, 5.41) is 12.4. The summed E-state index contributed by atoms with van der Waals surface area (Å²) < 4.78 is 3.65. The van der Waals surface area contributed by atoms with E-state index < -0.39 is 0 Å². The van der Waals surface area contributed by atoms with Gasteiger partial charge in [-0.05, 0) is 19.9 Å². The average molecular weight is 374 g/mol. The number of aryl methyl sites for hydroxylation is 2. The minimum absolute atomic E-state index is 0.149. The zero-order valence-electron chi connectivity index (χ0n) is 16.0. The molecule has 1 aromatic carbocycles. The number of nitrogens with zero attached hydrogens (tertiary/aromatic N) is 5. The number of hydrogen-bond donors (Lipinski definition) is 1. The number of amides is 1. The van der Waals surface area contributed by atoms with Gasteiger partial charge >= 0.3 is 0 Å². The van der Waals surface area contributed by atoms with Crippen molar-refractivity contribution in [2.24, 2.45) is 0 Å². The highest BCUT2D eigenvalue weighted by atomic mass is 16.1. The maximum Gasteiger partial charge on any atom is 0.252 e. The highest BCUT2D eigenvalue weighted by molar-refractivity contribution is 6.06. The molecule has 1 amide bonds. The lowest BCUT2D eigenvalue weighted by molar-refractivity contribution is 0.0952. The molecule has 4 aromatic rings. The minimum Gasteiger partial charge on any atom is -0.348 e. The number of pyridine rings is 1. The van der Waals surface area contributed by atoms with Gasteiger partial charge in [0.15, 0.2) is 5.65 Å². The van der Waals surface area contributed by atoms with Crippen LogP contribution in [0.5, 0.6) is 0 Å². The molecular weight excluding hydrogens is 352 g/mol. The predicted molar refractivity (Wildman–Crippen MR) is 108 cm³/mol. The molecule has 3 aromatic heterocycles. The fraction of sp³-hybridized carbons (Fsp3) is 0.238. The molecule has 142 valence electrons. The predicted octanol–water partition coefficient (Wildman–Crippen LogP) is 3.26. The molecule has 0 radical (unpaired) electrons. The van der Waals surface area contributed by atoms with E-state index in [4.69, 9.17) is 4.98 Å². The highest BCUT2D eigenvalue weighted by Gasteiger charge is 2.17. The highest BCUT2D eigenvalue weighted by Crippen LogP contribution is 2.25. The molecule has 0 aliphatic carbocycles. The molecule has 7 nitrogen and oxygen atoms in total. The SMILES string of the molecule is CCn1cc(CNC(=O)c2cc(-c3ccccc3)nc3c2cnn3CC)cn1. The molecule has 0 fully saturated rings. The first-order valence-corrected chi connectivity index (χ1v) is 9.41. The first-order valence-electron chi connectivity index (χ1n) is 9.41. The summed E-state index contributed by atoms with van der Waals surface area (Å²) in [6.07, 6.45) is 5.42. The largest absolute Gasteiger partial charge is 0.348 e. The van der Waals surface area contributed by atoms with E-state index in [1.54, 1.807) is 12.4 Å². The summed E-state index contributed by atoms with van der Waals surface area (Å²) in [6.45, 7) is 5.95. The van der Waals surface area contributed by atoms with Crippen LogP contribution in [0.1, 0.15) is 29.8 Å². The van der Waals surface area contributed by atoms with Crippen molar-refractivity contribution in [3.05, 3.63) is 66.1 Å². The normalized spacial score (nSPS) is 11.1. The van der Waals surface area contributed by atoms with E-state index >= 15 is 0 Å². The van der Waals surface area contributed by atoms with Crippen molar-refractivity contribution in [2.45, 2.75) is 33.5 Å². The zero-order valence-corrected chi connectivity index (χ0v) is 16.0. The molecule has 28 heavy (non-hydrogen) atoms. The van der Waals surface area contributed by atoms with E-state index in [2.05, 4.69) is 15.5 Å². The van der Waals surface area contributed by atoms with Crippen LogP contribution in [0.25, 0.3) is 22.3 Å². The molecular formula is C21H22N6O. The van der Waals surface area contributed by atoms with Crippen molar-refractivity contribution < 1.29 is 4.79 Å². The Morgan fingerprint density at radius 2 is 1.89 bits per heavy atom. The molecule has 0 saturated carbocycles. The second-order valence-corrected chi connectivity index (χ2v) is 6.51. The van der Waals surface area contributed by atoms with Gasteiger partial charge in [-0.15, -0.1) is 0 Å². The number of carbonyl (C=O) groups is 1. The van der Waals surface area contributed by atoms with Gasteiger partial charge in [0, 0.05) is 37.0 Å². The summed E-state index contributed by atoms with van der Waals surface area (Å²) >= 11 is 0. The van der Waals surface area contributed by atoms with Crippen molar-refractivity contribution in [1.29, 1.82) is 0 Å². The third-order valence-electron chi connectivity index (χ3n) is 4.69. The van der Waals surface area contributed by atoms with Crippen LogP contribution < -0.4 is 5.32 Å². The number of aromatic nitrogens is 5. The van der Waals surface area contributed by atoms with Gasteiger partial charge < -0.3 is 5.32 Å². The van der Waals surface area contributed by atoms with Gasteiger partial charge in [-0.1, -0.05) is 30.3 Å². The van der Waals surface area contributed by atoms with Crippen LogP contribution in [0.3, 0.4) is 0 Å². The van der Waals surface area contributed by atoms with E-state index in [0.29, 0.717) is 24.3 Å². The molecule has 0 aliphatic rings. The molecule has 0 atom stereocenters. The number of benzene rings is 1. The molecule has 4 rings (SSSR count). The minimum atomic E-state index is -0.149. The van der Waals surface area contributed by atoms with Crippen LogP contribution in [0.4, 0.5) is 0 Å². The Kier molecular flexibility index (Phi) is 4.89. The maximum absolute atomic E-state index is 13.0. The van der Waals surface area contributed by atoms with Crippen LogP contribution in [0.2, 0.25) is 0 Å². The molecule has 7 heteroatoms. The second kappa shape index (κ2) is 7.64. The monoisotopic (exact) mass is 374 g/mol. The summed E-state index contributed by atoms with van der Waals surface area (Å²) in [4.78, 5) is 17.7. The van der Waals surface area contributed by atoms with Crippen molar-refractivity contribution in [2.75, 3.05) is 0 Å². The van der Waals surface area contributed by atoms with E-state index in [1.807, 2.05) is 65.8 Å². The van der Waals surface area contributed by atoms with E-state index in [0.717, 1.165) is 28.8 Å². The lowest BCUT2D eigenvalue weighted by Gasteiger charge is -2.09. The lowest BCUT2D eigenvalue weighted by atomic mass is 10.1. The average Bonchev–Trinajstić information content (AvgIpc) is 3.38. The number of carbonyl (C=O) groups excluding carboxylic acids is 1. The molecule has 0 unspecified atom stereocenters. The Morgan fingerprint density at radius 1 is 1.07 bits per heavy atom. The lowest BCUT2D eigenvalue weighted by Crippen LogP contribution is -2.23. The third kappa shape index (κ3) is 3.38. The molecule has 0 bridgehead atoms. The quantitative estimate of drug-likeness (QED) is 0.562. The number of fused-ring (bicyclic) bond motifs is 1. The van der Waals surface area contributed by atoms with Crippen LogP contribution in [0, 0.1) is 0 Å². The van der Waals surface area contributed by atoms with E-state index in [9.17, 15) is 4.79 Å². The van der Waals surface area contributed by atoms with Crippen molar-refractivity contribution in [3.8, 4) is 11.3 Å². The van der Waals surface area contributed by atoms with Crippen molar-refractivity contribution >= 4 is 16.9 Å². The Balaban J connectivity index is 1.70. The summed E-state index contributed by atoms with van der Waals surface area (Å²) in [7, 11) is 0. The van der Waals surface area contributed by atoms with Crippen LogP contribution >= 0.6 is 0 Å². The van der Waals surface area contributed by atoms with E-state index in [1.165, 1.54) is 0 Å². The molecule has 1 N–H and O–H groups in total. The fourth-order valence-electron chi connectivity index (χ4n) is 3.17. The molecule has 0 aliphatic heterocycles. The Morgan fingerprint density at radius 3 is 2.61 bits per heavy atom.